The molecule has 2 heterocycles. The fourth-order valence-electron chi connectivity index (χ4n) is 3.75. The van der Waals surface area contributed by atoms with Crippen LogP contribution in [0.3, 0.4) is 0 Å². The van der Waals surface area contributed by atoms with E-state index in [0.29, 0.717) is 28.7 Å². The van der Waals surface area contributed by atoms with E-state index >= 15 is 0 Å². The lowest BCUT2D eigenvalue weighted by Crippen LogP contribution is -2.29. The normalized spacial score (nSPS) is 12.3. The quantitative estimate of drug-likeness (QED) is 0.292. The highest BCUT2D eigenvalue weighted by Crippen LogP contribution is 2.29. The average molecular weight is 512 g/mol. The Morgan fingerprint density at radius 1 is 1.06 bits per heavy atom. The van der Waals surface area contributed by atoms with Crippen molar-refractivity contribution in [3.05, 3.63) is 76.9 Å². The Morgan fingerprint density at radius 2 is 1.77 bits per heavy atom. The third-order valence-electron chi connectivity index (χ3n) is 6.35. The Labute approximate surface area is 211 Å². The van der Waals surface area contributed by atoms with E-state index in [9.17, 15) is 8.42 Å². The van der Waals surface area contributed by atoms with Crippen LogP contribution in [0.25, 0.3) is 16.9 Å². The minimum Gasteiger partial charge on any atom is -0.369 e. The van der Waals surface area contributed by atoms with E-state index in [1.807, 2.05) is 49.4 Å². The summed E-state index contributed by atoms with van der Waals surface area (Å²) in [5.41, 5.74) is 4.29. The van der Waals surface area contributed by atoms with Gasteiger partial charge in [-0.05, 0) is 42.5 Å². The van der Waals surface area contributed by atoms with Gasteiger partial charge in [0.05, 0.1) is 16.8 Å². The standard InChI is InChI=1S/C26H30ClN5O2S/c1-5-26(3,4)19-10-12-20(13-11-19)35(33,34)30-15-14-28-24-16-23(21-8-6-7-9-22(21)27)31-25-18(2)17-29-32(24)25/h6-13,16-17,28,30H,5,14-15H2,1-4H3. The van der Waals surface area contributed by atoms with Gasteiger partial charge in [0.2, 0.25) is 10.0 Å². The summed E-state index contributed by atoms with van der Waals surface area (Å²) in [6.07, 6.45) is 2.72. The van der Waals surface area contributed by atoms with E-state index in [-0.39, 0.29) is 16.9 Å². The van der Waals surface area contributed by atoms with Crippen LogP contribution in [0.2, 0.25) is 5.02 Å². The lowest BCUT2D eigenvalue weighted by atomic mass is 9.82. The lowest BCUT2D eigenvalue weighted by Gasteiger charge is -2.23. The fraction of sp³-hybridized carbons (Fsp3) is 0.308. The molecule has 0 aliphatic carbocycles. The van der Waals surface area contributed by atoms with Crippen molar-refractivity contribution in [1.29, 1.82) is 0 Å². The molecular formula is C26H30ClN5O2S. The lowest BCUT2D eigenvalue weighted by molar-refractivity contribution is 0.505. The molecular weight excluding hydrogens is 482 g/mol. The molecule has 0 aliphatic rings. The monoisotopic (exact) mass is 511 g/mol. The minimum atomic E-state index is -3.62. The van der Waals surface area contributed by atoms with Crippen LogP contribution < -0.4 is 10.0 Å². The molecule has 0 atom stereocenters. The first kappa shape index (κ1) is 25.2. The van der Waals surface area contributed by atoms with E-state index < -0.39 is 10.0 Å². The highest BCUT2D eigenvalue weighted by Gasteiger charge is 2.20. The van der Waals surface area contributed by atoms with Crippen molar-refractivity contribution in [2.24, 2.45) is 0 Å². The van der Waals surface area contributed by atoms with E-state index in [0.717, 1.165) is 23.1 Å². The number of halogens is 1. The predicted octanol–water partition coefficient (Wildman–Crippen LogP) is 5.44. The van der Waals surface area contributed by atoms with Crippen LogP contribution in [0, 0.1) is 6.92 Å². The highest BCUT2D eigenvalue weighted by molar-refractivity contribution is 7.89. The van der Waals surface area contributed by atoms with E-state index in [1.165, 1.54) is 0 Å². The Morgan fingerprint density at radius 3 is 2.46 bits per heavy atom. The summed E-state index contributed by atoms with van der Waals surface area (Å²) in [6, 6.07) is 16.5. The zero-order chi connectivity index (χ0) is 25.2. The van der Waals surface area contributed by atoms with Crippen molar-refractivity contribution in [1.82, 2.24) is 19.3 Å². The average Bonchev–Trinajstić information content (AvgIpc) is 3.23. The maximum atomic E-state index is 12.8. The second kappa shape index (κ2) is 9.97. The number of hydrogen-bond donors (Lipinski definition) is 2. The van der Waals surface area contributed by atoms with Gasteiger partial charge in [-0.25, -0.2) is 18.1 Å². The number of anilines is 1. The third kappa shape index (κ3) is 5.34. The third-order valence-corrected chi connectivity index (χ3v) is 8.16. The number of hydrogen-bond acceptors (Lipinski definition) is 5. The zero-order valence-corrected chi connectivity index (χ0v) is 21.9. The Bertz CT molecular complexity index is 1450. The van der Waals surface area contributed by atoms with Crippen LogP contribution in [-0.2, 0) is 15.4 Å². The first-order valence-corrected chi connectivity index (χ1v) is 13.4. The summed E-state index contributed by atoms with van der Waals surface area (Å²) in [4.78, 5) is 4.98. The smallest absolute Gasteiger partial charge is 0.240 e. The second-order valence-corrected chi connectivity index (χ2v) is 11.3. The number of sulfonamides is 1. The summed E-state index contributed by atoms with van der Waals surface area (Å²) in [5, 5.41) is 8.29. The largest absolute Gasteiger partial charge is 0.369 e. The molecule has 0 spiro atoms. The van der Waals surface area contributed by atoms with Gasteiger partial charge < -0.3 is 5.32 Å². The summed E-state index contributed by atoms with van der Waals surface area (Å²) < 4.78 is 29.9. The maximum absolute atomic E-state index is 12.8. The topological polar surface area (TPSA) is 88.4 Å². The van der Waals surface area contributed by atoms with Crippen molar-refractivity contribution in [3.63, 3.8) is 0 Å². The van der Waals surface area contributed by atoms with Gasteiger partial charge in [-0.2, -0.15) is 9.61 Å². The number of nitrogens with one attached hydrogen (secondary N) is 2. The van der Waals surface area contributed by atoms with Crippen molar-refractivity contribution in [2.45, 2.75) is 44.4 Å². The molecule has 2 N–H and O–H groups in total. The Hall–Kier alpha value is -2.94. The van der Waals surface area contributed by atoms with Gasteiger partial charge in [0.25, 0.3) is 0 Å². The van der Waals surface area contributed by atoms with Crippen LogP contribution in [0.1, 0.15) is 38.3 Å². The molecule has 4 aromatic rings. The van der Waals surface area contributed by atoms with Gasteiger partial charge >= 0.3 is 0 Å². The van der Waals surface area contributed by atoms with E-state index in [1.54, 1.807) is 22.8 Å². The molecule has 0 saturated carbocycles. The van der Waals surface area contributed by atoms with Gasteiger partial charge in [0.1, 0.15) is 5.82 Å². The summed E-state index contributed by atoms with van der Waals surface area (Å²) in [6.45, 7) is 8.92. The molecule has 0 bridgehead atoms. The van der Waals surface area contributed by atoms with Gasteiger partial charge in [-0.1, -0.05) is 62.7 Å². The number of nitrogens with zero attached hydrogens (tertiary/aromatic N) is 3. The van der Waals surface area contributed by atoms with Gasteiger partial charge in [-0.15, -0.1) is 0 Å². The highest BCUT2D eigenvalue weighted by atomic mass is 35.5. The molecule has 0 unspecified atom stereocenters. The zero-order valence-electron chi connectivity index (χ0n) is 20.3. The van der Waals surface area contributed by atoms with Crippen LogP contribution in [-0.4, -0.2) is 36.1 Å². The van der Waals surface area contributed by atoms with E-state index in [2.05, 4.69) is 35.9 Å². The van der Waals surface area contributed by atoms with E-state index in [4.69, 9.17) is 16.6 Å². The molecule has 0 aliphatic heterocycles. The first-order valence-electron chi connectivity index (χ1n) is 11.6. The van der Waals surface area contributed by atoms with Crippen LogP contribution in [0.15, 0.2) is 65.7 Å². The molecule has 9 heteroatoms. The van der Waals surface area contributed by atoms with Gasteiger partial charge in [0, 0.05) is 35.3 Å². The molecule has 4 rings (SSSR count). The number of aromatic nitrogens is 3. The Kier molecular flexibility index (Phi) is 7.17. The minimum absolute atomic E-state index is 0.00318. The van der Waals surface area contributed by atoms with Crippen LogP contribution in [0.4, 0.5) is 5.82 Å². The van der Waals surface area contributed by atoms with Crippen molar-refractivity contribution >= 4 is 33.1 Å². The summed E-state index contributed by atoms with van der Waals surface area (Å²) in [7, 11) is -3.62. The van der Waals surface area contributed by atoms with Crippen LogP contribution >= 0.6 is 11.6 Å². The molecule has 0 fully saturated rings. The number of aryl methyl sites for hydroxylation is 1. The molecule has 7 nitrogen and oxygen atoms in total. The molecule has 35 heavy (non-hydrogen) atoms. The Balaban J connectivity index is 1.48. The first-order chi connectivity index (χ1) is 16.6. The second-order valence-electron chi connectivity index (χ2n) is 9.16. The van der Waals surface area contributed by atoms with Crippen molar-refractivity contribution in [2.75, 3.05) is 18.4 Å². The number of fused-ring (bicyclic) bond motifs is 1. The molecule has 184 valence electrons. The summed E-state index contributed by atoms with van der Waals surface area (Å²) >= 11 is 6.39. The molecule has 2 aromatic heterocycles. The molecule has 0 saturated heterocycles. The maximum Gasteiger partial charge on any atom is 0.240 e. The van der Waals surface area contributed by atoms with Crippen molar-refractivity contribution in [3.8, 4) is 11.3 Å². The number of rotatable bonds is 9. The fourth-order valence-corrected chi connectivity index (χ4v) is 5.02. The summed E-state index contributed by atoms with van der Waals surface area (Å²) in [5.74, 6) is 0.698. The molecule has 2 aromatic carbocycles. The number of benzene rings is 2. The van der Waals surface area contributed by atoms with Gasteiger partial charge in [-0.3, -0.25) is 0 Å². The molecule has 0 amide bonds. The van der Waals surface area contributed by atoms with Gasteiger partial charge in [0.15, 0.2) is 5.65 Å². The van der Waals surface area contributed by atoms with Crippen molar-refractivity contribution < 1.29 is 8.42 Å². The van der Waals surface area contributed by atoms with Crippen LogP contribution in [0.5, 0.6) is 0 Å². The SMILES string of the molecule is CCC(C)(C)c1ccc(S(=O)(=O)NCCNc2cc(-c3ccccc3Cl)nc3c(C)cnn23)cc1. The predicted molar refractivity (Wildman–Crippen MR) is 142 cm³/mol. The molecule has 0 radical (unpaired) electrons.